The molecule has 0 fully saturated rings. The monoisotopic (exact) mass is 224 g/mol. The second-order valence-corrected chi connectivity index (χ2v) is 3.85. The summed E-state index contributed by atoms with van der Waals surface area (Å²) in [5.74, 6) is -1.69. The highest BCUT2D eigenvalue weighted by atomic mass is 19.2. The van der Waals surface area contributed by atoms with Gasteiger partial charge in [-0.3, -0.25) is 0 Å². The minimum absolute atomic E-state index is 0.0604. The van der Waals surface area contributed by atoms with E-state index in [1.54, 1.807) is 6.07 Å². The summed E-state index contributed by atoms with van der Waals surface area (Å²) >= 11 is 0. The van der Waals surface area contributed by atoms with Gasteiger partial charge in [-0.2, -0.15) is 5.26 Å². The molecule has 0 saturated heterocycles. The van der Waals surface area contributed by atoms with Crippen LogP contribution in [0.1, 0.15) is 24.4 Å². The van der Waals surface area contributed by atoms with Crippen LogP contribution in [0.25, 0.3) is 0 Å². The Bertz CT molecular complexity index is 396. The zero-order valence-electron chi connectivity index (χ0n) is 9.37. The van der Waals surface area contributed by atoms with Crippen LogP contribution >= 0.6 is 0 Å². The Morgan fingerprint density at radius 2 is 2.00 bits per heavy atom. The van der Waals surface area contributed by atoms with Gasteiger partial charge in [0.05, 0.1) is 6.07 Å². The van der Waals surface area contributed by atoms with Gasteiger partial charge < -0.3 is 4.90 Å². The van der Waals surface area contributed by atoms with E-state index in [1.807, 2.05) is 19.0 Å². The molecular formula is C12H14F2N2. The predicted octanol–water partition coefficient (Wildman–Crippen LogP) is 2.87. The van der Waals surface area contributed by atoms with E-state index < -0.39 is 11.6 Å². The Hall–Kier alpha value is -1.47. The van der Waals surface area contributed by atoms with Gasteiger partial charge in [-0.1, -0.05) is 6.07 Å². The molecule has 1 aromatic rings. The molecule has 0 saturated carbocycles. The number of hydrogen-bond acceptors (Lipinski definition) is 2. The van der Waals surface area contributed by atoms with Gasteiger partial charge in [-0.15, -0.1) is 0 Å². The molecule has 16 heavy (non-hydrogen) atoms. The molecule has 0 aliphatic heterocycles. The Labute approximate surface area is 94.1 Å². The predicted molar refractivity (Wildman–Crippen MR) is 57.6 cm³/mol. The van der Waals surface area contributed by atoms with Gasteiger partial charge in [0, 0.05) is 12.5 Å². The first-order valence-corrected chi connectivity index (χ1v) is 5.04. The lowest BCUT2D eigenvalue weighted by molar-refractivity contribution is 0.285. The Morgan fingerprint density at radius 3 is 2.50 bits per heavy atom. The second-order valence-electron chi connectivity index (χ2n) is 3.85. The normalized spacial score (nSPS) is 12.5. The maximum atomic E-state index is 13.1. The van der Waals surface area contributed by atoms with Crippen molar-refractivity contribution in [3.05, 3.63) is 35.4 Å². The average molecular weight is 224 g/mol. The summed E-state index contributed by atoms with van der Waals surface area (Å²) < 4.78 is 25.8. The summed E-state index contributed by atoms with van der Waals surface area (Å²) in [6, 6.07) is 5.86. The van der Waals surface area contributed by atoms with Crippen molar-refractivity contribution in [1.29, 1.82) is 5.26 Å². The van der Waals surface area contributed by atoms with Crippen LogP contribution in [0.2, 0.25) is 0 Å². The Kier molecular flexibility index (Phi) is 4.39. The van der Waals surface area contributed by atoms with Crippen molar-refractivity contribution in [2.75, 3.05) is 14.1 Å². The van der Waals surface area contributed by atoms with Crippen molar-refractivity contribution in [3.8, 4) is 6.07 Å². The van der Waals surface area contributed by atoms with Crippen LogP contribution in [-0.4, -0.2) is 19.0 Å². The molecule has 1 rings (SSSR count). The standard InChI is InChI=1S/C12H14F2N2/c1-16(2)12(4-3-7-15)9-5-6-10(13)11(14)8-9/h5-6,8,12H,3-4H2,1-2H3. The molecule has 0 radical (unpaired) electrons. The van der Waals surface area contributed by atoms with E-state index in [0.717, 1.165) is 6.07 Å². The van der Waals surface area contributed by atoms with Crippen molar-refractivity contribution in [2.24, 2.45) is 0 Å². The largest absolute Gasteiger partial charge is 0.302 e. The third-order valence-corrected chi connectivity index (χ3v) is 2.48. The molecule has 0 aromatic heterocycles. The van der Waals surface area contributed by atoms with Crippen molar-refractivity contribution in [3.63, 3.8) is 0 Å². The van der Waals surface area contributed by atoms with Crippen LogP contribution in [0.4, 0.5) is 8.78 Å². The molecular weight excluding hydrogens is 210 g/mol. The molecule has 2 nitrogen and oxygen atoms in total. The first-order chi connectivity index (χ1) is 7.56. The van der Waals surface area contributed by atoms with E-state index >= 15 is 0 Å². The molecule has 1 atom stereocenters. The van der Waals surface area contributed by atoms with E-state index in [1.165, 1.54) is 6.07 Å². The Morgan fingerprint density at radius 1 is 1.31 bits per heavy atom. The lowest BCUT2D eigenvalue weighted by Crippen LogP contribution is -2.20. The molecule has 0 spiro atoms. The number of hydrogen-bond donors (Lipinski definition) is 0. The molecule has 0 bridgehead atoms. The van der Waals surface area contributed by atoms with Crippen molar-refractivity contribution < 1.29 is 8.78 Å². The topological polar surface area (TPSA) is 27.0 Å². The molecule has 86 valence electrons. The molecule has 0 amide bonds. The Balaban J connectivity index is 2.93. The van der Waals surface area contributed by atoms with E-state index in [9.17, 15) is 8.78 Å². The van der Waals surface area contributed by atoms with Crippen LogP contribution in [0.15, 0.2) is 18.2 Å². The lowest BCUT2D eigenvalue weighted by Gasteiger charge is -2.23. The van der Waals surface area contributed by atoms with Gasteiger partial charge >= 0.3 is 0 Å². The van der Waals surface area contributed by atoms with Gasteiger partial charge in [0.25, 0.3) is 0 Å². The van der Waals surface area contributed by atoms with E-state index in [0.29, 0.717) is 18.4 Å². The molecule has 0 N–H and O–H groups in total. The number of nitrogens with zero attached hydrogens (tertiary/aromatic N) is 2. The fourth-order valence-corrected chi connectivity index (χ4v) is 1.64. The van der Waals surface area contributed by atoms with E-state index in [-0.39, 0.29) is 6.04 Å². The minimum Gasteiger partial charge on any atom is -0.302 e. The molecule has 0 aliphatic carbocycles. The molecule has 4 heteroatoms. The zero-order valence-corrected chi connectivity index (χ0v) is 9.37. The number of benzene rings is 1. The minimum atomic E-state index is -0.846. The number of nitriles is 1. The smallest absolute Gasteiger partial charge is 0.159 e. The summed E-state index contributed by atoms with van der Waals surface area (Å²) in [5, 5.41) is 8.54. The highest BCUT2D eigenvalue weighted by molar-refractivity contribution is 5.21. The number of rotatable bonds is 4. The third-order valence-electron chi connectivity index (χ3n) is 2.48. The van der Waals surface area contributed by atoms with E-state index in [4.69, 9.17) is 5.26 Å². The van der Waals surface area contributed by atoms with Crippen molar-refractivity contribution >= 4 is 0 Å². The fourth-order valence-electron chi connectivity index (χ4n) is 1.64. The van der Waals surface area contributed by atoms with Crippen molar-refractivity contribution in [1.82, 2.24) is 4.90 Å². The first kappa shape index (κ1) is 12.6. The summed E-state index contributed by atoms with van der Waals surface area (Å²) in [4.78, 5) is 1.89. The fraction of sp³-hybridized carbons (Fsp3) is 0.417. The quantitative estimate of drug-likeness (QED) is 0.786. The molecule has 1 aromatic carbocycles. The zero-order chi connectivity index (χ0) is 12.1. The van der Waals surface area contributed by atoms with Gasteiger partial charge in [0.15, 0.2) is 11.6 Å². The van der Waals surface area contributed by atoms with Crippen LogP contribution < -0.4 is 0 Å². The maximum Gasteiger partial charge on any atom is 0.159 e. The van der Waals surface area contributed by atoms with Crippen LogP contribution in [0, 0.1) is 23.0 Å². The number of halogens is 2. The van der Waals surface area contributed by atoms with Crippen LogP contribution in [0.3, 0.4) is 0 Å². The summed E-state index contributed by atoms with van der Waals surface area (Å²) in [5.41, 5.74) is 0.694. The summed E-state index contributed by atoms with van der Waals surface area (Å²) in [6.07, 6.45) is 0.996. The van der Waals surface area contributed by atoms with Crippen molar-refractivity contribution in [2.45, 2.75) is 18.9 Å². The first-order valence-electron chi connectivity index (χ1n) is 5.04. The van der Waals surface area contributed by atoms with Gasteiger partial charge in [0.2, 0.25) is 0 Å². The lowest BCUT2D eigenvalue weighted by atomic mass is 10.0. The molecule has 1 unspecified atom stereocenters. The van der Waals surface area contributed by atoms with Crippen LogP contribution in [0.5, 0.6) is 0 Å². The highest BCUT2D eigenvalue weighted by Crippen LogP contribution is 2.24. The third kappa shape index (κ3) is 3.01. The van der Waals surface area contributed by atoms with Gasteiger partial charge in [-0.25, -0.2) is 8.78 Å². The summed E-state index contributed by atoms with van der Waals surface area (Å²) in [7, 11) is 3.70. The van der Waals surface area contributed by atoms with Gasteiger partial charge in [-0.05, 0) is 38.2 Å². The average Bonchev–Trinajstić information content (AvgIpc) is 2.23. The molecule has 0 heterocycles. The summed E-state index contributed by atoms with van der Waals surface area (Å²) in [6.45, 7) is 0. The van der Waals surface area contributed by atoms with E-state index in [2.05, 4.69) is 6.07 Å². The maximum absolute atomic E-state index is 13.1. The SMILES string of the molecule is CN(C)C(CCC#N)c1ccc(F)c(F)c1. The van der Waals surface area contributed by atoms with Gasteiger partial charge in [0.1, 0.15) is 0 Å². The molecule has 0 aliphatic rings. The second kappa shape index (κ2) is 5.57. The van der Waals surface area contributed by atoms with Crippen LogP contribution in [-0.2, 0) is 0 Å². The highest BCUT2D eigenvalue weighted by Gasteiger charge is 2.15.